The Hall–Kier alpha value is -3.69. The van der Waals surface area contributed by atoms with E-state index in [2.05, 4.69) is 10.5 Å². The maximum absolute atomic E-state index is 12.4. The van der Waals surface area contributed by atoms with E-state index in [9.17, 15) is 19.7 Å². The van der Waals surface area contributed by atoms with Gasteiger partial charge >= 0.3 is 5.69 Å². The summed E-state index contributed by atoms with van der Waals surface area (Å²) in [7, 11) is 0. The first kappa shape index (κ1) is 22.6. The molecular weight excluding hydrogens is 392 g/mol. The topological polar surface area (TPSA) is 125 Å². The van der Waals surface area contributed by atoms with E-state index in [1.807, 2.05) is 13.8 Å². The molecule has 0 saturated heterocycles. The zero-order chi connectivity index (χ0) is 22.3. The van der Waals surface area contributed by atoms with Crippen molar-refractivity contribution in [3.8, 4) is 11.5 Å². The number of carbonyl (C=O) groups is 1. The molecule has 0 aliphatic heterocycles. The van der Waals surface area contributed by atoms with E-state index in [0.29, 0.717) is 12.4 Å². The van der Waals surface area contributed by atoms with E-state index in [0.717, 1.165) is 0 Å². The highest BCUT2D eigenvalue weighted by molar-refractivity contribution is 5.95. The van der Waals surface area contributed by atoms with Crippen molar-refractivity contribution < 1.29 is 19.2 Å². The van der Waals surface area contributed by atoms with Crippen LogP contribution in [0, 0.1) is 10.1 Å². The summed E-state index contributed by atoms with van der Waals surface area (Å²) < 4.78 is 12.2. The molecule has 2 aromatic rings. The molecule has 0 aliphatic rings. The summed E-state index contributed by atoms with van der Waals surface area (Å²) in [5.41, 5.74) is 1.79. The lowest BCUT2D eigenvalue weighted by atomic mass is 10.1. The minimum Gasteiger partial charge on any atom is -0.493 e. The van der Waals surface area contributed by atoms with Gasteiger partial charge in [0.1, 0.15) is 11.3 Å². The molecule has 0 radical (unpaired) electrons. The Morgan fingerprint density at radius 1 is 1.27 bits per heavy atom. The van der Waals surface area contributed by atoms with Crippen LogP contribution < -0.4 is 20.5 Å². The van der Waals surface area contributed by atoms with Crippen LogP contribution in [-0.2, 0) is 0 Å². The fourth-order valence-electron chi connectivity index (χ4n) is 2.67. The van der Waals surface area contributed by atoms with Crippen molar-refractivity contribution in [2.75, 3.05) is 13.2 Å². The van der Waals surface area contributed by atoms with E-state index < -0.39 is 16.4 Å². The lowest BCUT2D eigenvalue weighted by molar-refractivity contribution is -0.385. The Kier molecular flexibility index (Phi) is 7.68. The summed E-state index contributed by atoms with van der Waals surface area (Å²) in [5.74, 6) is -0.304. The lowest BCUT2D eigenvalue weighted by Gasteiger charge is -2.11. The average molecular weight is 416 g/mol. The maximum Gasteiger partial charge on any atom is 0.311 e. The van der Waals surface area contributed by atoms with Crippen LogP contribution >= 0.6 is 0 Å². The van der Waals surface area contributed by atoms with Gasteiger partial charge in [-0.1, -0.05) is 0 Å². The van der Waals surface area contributed by atoms with Gasteiger partial charge in [0.2, 0.25) is 5.75 Å². The quantitative estimate of drug-likeness (QED) is 0.381. The summed E-state index contributed by atoms with van der Waals surface area (Å²) in [6, 6.07) is 5.56. The second kappa shape index (κ2) is 10.2. The molecule has 0 fully saturated rings. The van der Waals surface area contributed by atoms with Crippen molar-refractivity contribution in [3.05, 3.63) is 62.1 Å². The van der Waals surface area contributed by atoms with Crippen molar-refractivity contribution in [2.45, 2.75) is 33.7 Å². The van der Waals surface area contributed by atoms with Gasteiger partial charge in [-0.25, -0.2) is 5.43 Å². The van der Waals surface area contributed by atoms with Gasteiger partial charge in [-0.3, -0.25) is 19.7 Å². The number of nitrogens with zero attached hydrogens (tertiary/aromatic N) is 3. The minimum absolute atomic E-state index is 0.0638. The Balaban J connectivity index is 2.32. The van der Waals surface area contributed by atoms with E-state index >= 15 is 0 Å². The van der Waals surface area contributed by atoms with Gasteiger partial charge in [0.15, 0.2) is 0 Å². The predicted molar refractivity (Wildman–Crippen MR) is 112 cm³/mol. The second-order valence-electron chi connectivity index (χ2n) is 6.41. The van der Waals surface area contributed by atoms with Gasteiger partial charge in [-0.15, -0.1) is 0 Å². The first-order valence-corrected chi connectivity index (χ1v) is 9.42. The maximum atomic E-state index is 12.4. The number of amides is 1. The number of hydrogen-bond donors (Lipinski definition) is 1. The van der Waals surface area contributed by atoms with Crippen LogP contribution in [0.15, 0.2) is 40.4 Å². The molecule has 1 heterocycles. The lowest BCUT2D eigenvalue weighted by Crippen LogP contribution is -2.31. The van der Waals surface area contributed by atoms with Crippen LogP contribution in [-0.4, -0.2) is 34.8 Å². The average Bonchev–Trinajstić information content (AvgIpc) is 2.69. The number of nitro benzene ring substituents is 1. The largest absolute Gasteiger partial charge is 0.493 e. The number of nitrogens with one attached hydrogen (secondary N) is 1. The number of nitro groups is 1. The summed E-state index contributed by atoms with van der Waals surface area (Å²) in [4.78, 5) is 35.5. The first-order chi connectivity index (χ1) is 14.3. The summed E-state index contributed by atoms with van der Waals surface area (Å²) >= 11 is 0. The first-order valence-electron chi connectivity index (χ1n) is 9.42. The molecule has 1 aromatic heterocycles. The number of carbonyl (C=O) groups excluding carboxylic acids is 1. The van der Waals surface area contributed by atoms with E-state index in [1.54, 1.807) is 26.1 Å². The standard InChI is InChI=1S/C20H24N4O6/c1-5-29-17-11-18(30-6-2)16(24(27)28)10-14(17)12-21-22-19(25)15-8-7-9-23(13(3)4)20(15)26/h7-13H,5-6H2,1-4H3,(H,22,25)/b21-12-. The number of pyridine rings is 1. The van der Waals surface area contributed by atoms with Crippen molar-refractivity contribution in [3.63, 3.8) is 0 Å². The normalized spacial score (nSPS) is 11.0. The summed E-state index contributed by atoms with van der Waals surface area (Å²) in [6.07, 6.45) is 2.82. The minimum atomic E-state index is -0.690. The van der Waals surface area contributed by atoms with Crippen molar-refractivity contribution in [1.82, 2.24) is 9.99 Å². The number of aromatic nitrogens is 1. The van der Waals surface area contributed by atoms with Crippen molar-refractivity contribution in [2.24, 2.45) is 5.10 Å². The van der Waals surface area contributed by atoms with Crippen LogP contribution in [0.3, 0.4) is 0 Å². The summed E-state index contributed by atoms with van der Waals surface area (Å²) in [5, 5.41) is 15.2. The number of hydrogen-bond acceptors (Lipinski definition) is 7. The molecule has 1 N–H and O–H groups in total. The van der Waals surface area contributed by atoms with Crippen LogP contribution in [0.25, 0.3) is 0 Å². The van der Waals surface area contributed by atoms with Gasteiger partial charge in [-0.05, 0) is 39.8 Å². The van der Waals surface area contributed by atoms with E-state index in [4.69, 9.17) is 9.47 Å². The SMILES string of the molecule is CCOc1cc(OCC)c([N+](=O)[O-])cc1/C=N\NC(=O)c1cccn(C(C)C)c1=O. The van der Waals surface area contributed by atoms with E-state index in [-0.39, 0.29) is 35.2 Å². The Bertz CT molecular complexity index is 1010. The molecule has 1 aromatic carbocycles. The number of hydrazone groups is 1. The number of benzene rings is 1. The molecule has 0 atom stereocenters. The number of rotatable bonds is 9. The molecule has 0 bridgehead atoms. The third-order valence-corrected chi connectivity index (χ3v) is 4.03. The Morgan fingerprint density at radius 3 is 2.53 bits per heavy atom. The van der Waals surface area contributed by atoms with E-state index in [1.165, 1.54) is 29.0 Å². The Labute approximate surface area is 173 Å². The fourth-order valence-corrected chi connectivity index (χ4v) is 2.67. The molecular formula is C20H24N4O6. The predicted octanol–water partition coefficient (Wildman–Crippen LogP) is 2.90. The summed E-state index contributed by atoms with van der Waals surface area (Å²) in [6.45, 7) is 7.70. The van der Waals surface area contributed by atoms with Crippen molar-refractivity contribution >= 4 is 17.8 Å². The highest BCUT2D eigenvalue weighted by Crippen LogP contribution is 2.34. The van der Waals surface area contributed by atoms with Gasteiger partial charge in [-0.2, -0.15) is 5.10 Å². The van der Waals surface area contributed by atoms with Crippen LogP contribution in [0.4, 0.5) is 5.69 Å². The molecule has 0 saturated carbocycles. The zero-order valence-corrected chi connectivity index (χ0v) is 17.2. The molecule has 10 nitrogen and oxygen atoms in total. The molecule has 0 unspecified atom stereocenters. The molecule has 10 heteroatoms. The van der Waals surface area contributed by atoms with Crippen LogP contribution in [0.2, 0.25) is 0 Å². The molecule has 0 spiro atoms. The monoisotopic (exact) mass is 416 g/mol. The third kappa shape index (κ3) is 5.22. The van der Waals surface area contributed by atoms with Gasteiger partial charge in [0.05, 0.1) is 24.4 Å². The molecule has 2 rings (SSSR count). The smallest absolute Gasteiger partial charge is 0.311 e. The Morgan fingerprint density at radius 2 is 1.93 bits per heavy atom. The zero-order valence-electron chi connectivity index (χ0n) is 17.2. The molecule has 30 heavy (non-hydrogen) atoms. The molecule has 1 amide bonds. The number of ether oxygens (including phenoxy) is 2. The van der Waals surface area contributed by atoms with Crippen LogP contribution in [0.1, 0.15) is 49.7 Å². The highest BCUT2D eigenvalue weighted by Gasteiger charge is 2.20. The van der Waals surface area contributed by atoms with Gasteiger partial charge < -0.3 is 14.0 Å². The fraction of sp³-hybridized carbons (Fsp3) is 0.350. The van der Waals surface area contributed by atoms with Crippen molar-refractivity contribution in [1.29, 1.82) is 0 Å². The van der Waals surface area contributed by atoms with Crippen LogP contribution in [0.5, 0.6) is 11.5 Å². The third-order valence-electron chi connectivity index (χ3n) is 4.03. The van der Waals surface area contributed by atoms with Gasteiger partial charge in [0, 0.05) is 29.9 Å². The highest BCUT2D eigenvalue weighted by atomic mass is 16.6. The molecule has 0 aliphatic carbocycles. The van der Waals surface area contributed by atoms with Gasteiger partial charge in [0.25, 0.3) is 11.5 Å². The second-order valence-corrected chi connectivity index (χ2v) is 6.41. The molecule has 160 valence electrons.